The molecule has 3 heterocycles. The van der Waals surface area contributed by atoms with Gasteiger partial charge < -0.3 is 10.6 Å². The Balaban J connectivity index is 1.27. The van der Waals surface area contributed by atoms with Gasteiger partial charge >= 0.3 is 0 Å². The van der Waals surface area contributed by atoms with E-state index in [4.69, 9.17) is 0 Å². The standard InChI is InChI=1S/C21H24N4O4/c26-16-5-4-15(18(27)24-16)25-19(28)14-3-1-2-13(17(14)20(25)29)11-22-10-12-8-21(9-12)6-7-23-21/h1-3,12,15,22-23H,4-11H2,(H,24,26,27). The molecule has 0 bridgehead atoms. The lowest BCUT2D eigenvalue weighted by atomic mass is 9.63. The van der Waals surface area contributed by atoms with E-state index in [0.717, 1.165) is 23.6 Å². The molecule has 8 heteroatoms. The van der Waals surface area contributed by atoms with Gasteiger partial charge in [-0.3, -0.25) is 29.4 Å². The van der Waals surface area contributed by atoms with Gasteiger partial charge in [0.25, 0.3) is 11.8 Å². The van der Waals surface area contributed by atoms with Crippen molar-refractivity contribution in [3.05, 3.63) is 34.9 Å². The summed E-state index contributed by atoms with van der Waals surface area (Å²) in [5.41, 5.74) is 1.87. The van der Waals surface area contributed by atoms with Crippen LogP contribution in [0.5, 0.6) is 0 Å². The van der Waals surface area contributed by atoms with Gasteiger partial charge in [0.05, 0.1) is 11.1 Å². The number of nitrogens with one attached hydrogen (secondary N) is 3. The topological polar surface area (TPSA) is 108 Å². The van der Waals surface area contributed by atoms with Crippen LogP contribution in [0.4, 0.5) is 0 Å². The highest BCUT2D eigenvalue weighted by Crippen LogP contribution is 2.43. The first-order valence-electron chi connectivity index (χ1n) is 10.3. The van der Waals surface area contributed by atoms with E-state index in [9.17, 15) is 19.2 Å². The van der Waals surface area contributed by atoms with Gasteiger partial charge in [0.1, 0.15) is 6.04 Å². The predicted molar refractivity (Wildman–Crippen MR) is 103 cm³/mol. The number of carbonyl (C=O) groups excluding carboxylic acids is 4. The molecule has 1 aromatic carbocycles. The highest BCUT2D eigenvalue weighted by molar-refractivity contribution is 6.24. The lowest BCUT2D eigenvalue weighted by molar-refractivity contribution is -0.136. The number of hydrogen-bond donors (Lipinski definition) is 3. The van der Waals surface area contributed by atoms with E-state index >= 15 is 0 Å². The van der Waals surface area contributed by atoms with E-state index < -0.39 is 23.8 Å². The molecule has 3 fully saturated rings. The van der Waals surface area contributed by atoms with Crippen LogP contribution in [-0.4, -0.2) is 53.2 Å². The van der Waals surface area contributed by atoms with Crippen molar-refractivity contribution in [2.45, 2.75) is 50.2 Å². The van der Waals surface area contributed by atoms with E-state index in [2.05, 4.69) is 16.0 Å². The molecule has 4 amide bonds. The molecule has 0 radical (unpaired) electrons. The third-order valence-corrected chi connectivity index (χ3v) is 6.77. The normalized spacial score (nSPS) is 30.8. The van der Waals surface area contributed by atoms with Gasteiger partial charge in [-0.25, -0.2) is 0 Å². The Bertz CT molecular complexity index is 915. The molecular formula is C21H24N4O4. The van der Waals surface area contributed by atoms with E-state index in [1.54, 1.807) is 12.1 Å². The van der Waals surface area contributed by atoms with Crippen molar-refractivity contribution in [3.63, 3.8) is 0 Å². The first-order chi connectivity index (χ1) is 14.0. The average Bonchev–Trinajstić information content (AvgIpc) is 2.87. The second kappa shape index (κ2) is 6.74. The molecule has 1 aliphatic carbocycles. The van der Waals surface area contributed by atoms with Gasteiger partial charge in [0.15, 0.2) is 0 Å². The lowest BCUT2D eigenvalue weighted by Gasteiger charge is -2.55. The average molecular weight is 396 g/mol. The first-order valence-corrected chi connectivity index (χ1v) is 10.3. The van der Waals surface area contributed by atoms with Crippen LogP contribution < -0.4 is 16.0 Å². The smallest absolute Gasteiger partial charge is 0.262 e. The molecule has 0 aromatic heterocycles. The first kappa shape index (κ1) is 18.4. The Morgan fingerprint density at radius 1 is 1.14 bits per heavy atom. The fraction of sp³-hybridized carbons (Fsp3) is 0.524. The van der Waals surface area contributed by atoms with Crippen molar-refractivity contribution in [1.29, 1.82) is 0 Å². The number of imide groups is 2. The van der Waals surface area contributed by atoms with E-state index in [0.29, 0.717) is 29.1 Å². The van der Waals surface area contributed by atoms with E-state index in [1.165, 1.54) is 19.3 Å². The largest absolute Gasteiger partial charge is 0.312 e. The van der Waals surface area contributed by atoms with Crippen LogP contribution in [0.3, 0.4) is 0 Å². The molecule has 8 nitrogen and oxygen atoms in total. The Labute approximate surface area is 168 Å². The molecule has 5 rings (SSSR count). The number of benzene rings is 1. The molecule has 4 aliphatic rings. The number of fused-ring (bicyclic) bond motifs is 1. The predicted octanol–water partition coefficient (Wildman–Crippen LogP) is 0.320. The molecule has 29 heavy (non-hydrogen) atoms. The molecule has 1 saturated carbocycles. The molecule has 1 unspecified atom stereocenters. The number of carbonyl (C=O) groups is 4. The molecule has 3 N–H and O–H groups in total. The maximum atomic E-state index is 13.1. The Morgan fingerprint density at radius 3 is 2.62 bits per heavy atom. The number of hydrogen-bond acceptors (Lipinski definition) is 6. The minimum atomic E-state index is -0.929. The summed E-state index contributed by atoms with van der Waals surface area (Å²) in [5, 5.41) is 9.17. The van der Waals surface area contributed by atoms with Crippen molar-refractivity contribution >= 4 is 23.6 Å². The minimum absolute atomic E-state index is 0.121. The third kappa shape index (κ3) is 2.98. The summed E-state index contributed by atoms with van der Waals surface area (Å²) >= 11 is 0. The van der Waals surface area contributed by atoms with Crippen molar-refractivity contribution in [1.82, 2.24) is 20.9 Å². The van der Waals surface area contributed by atoms with Gasteiger partial charge in [-0.15, -0.1) is 0 Å². The summed E-state index contributed by atoms with van der Waals surface area (Å²) < 4.78 is 0. The van der Waals surface area contributed by atoms with E-state index in [1.807, 2.05) is 6.07 Å². The zero-order valence-corrected chi connectivity index (χ0v) is 16.1. The SMILES string of the molecule is O=C1CCC(N2C(=O)c3cccc(CNCC4CC5(CCN5)C4)c3C2=O)C(=O)N1. The number of rotatable bonds is 5. The summed E-state index contributed by atoms with van der Waals surface area (Å²) in [6.45, 7) is 2.50. The Kier molecular flexibility index (Phi) is 4.29. The Hall–Kier alpha value is -2.58. The van der Waals surface area contributed by atoms with Crippen LogP contribution in [0.1, 0.15) is 58.4 Å². The van der Waals surface area contributed by atoms with Crippen LogP contribution in [0.2, 0.25) is 0 Å². The van der Waals surface area contributed by atoms with Gasteiger partial charge in [-0.05, 0) is 56.3 Å². The highest BCUT2D eigenvalue weighted by atomic mass is 16.2. The molecule has 152 valence electrons. The van der Waals surface area contributed by atoms with Gasteiger partial charge in [-0.2, -0.15) is 0 Å². The molecule has 1 atom stereocenters. The van der Waals surface area contributed by atoms with Crippen LogP contribution >= 0.6 is 0 Å². The second-order valence-corrected chi connectivity index (χ2v) is 8.65. The highest BCUT2D eigenvalue weighted by Gasteiger charge is 2.48. The van der Waals surface area contributed by atoms with Crippen molar-refractivity contribution in [3.8, 4) is 0 Å². The van der Waals surface area contributed by atoms with Crippen LogP contribution in [0, 0.1) is 5.92 Å². The van der Waals surface area contributed by atoms with E-state index in [-0.39, 0.29) is 18.7 Å². The number of nitrogens with zero attached hydrogens (tertiary/aromatic N) is 1. The van der Waals surface area contributed by atoms with Gasteiger partial charge in [0.2, 0.25) is 11.8 Å². The monoisotopic (exact) mass is 396 g/mol. The fourth-order valence-corrected chi connectivity index (χ4v) is 5.16. The van der Waals surface area contributed by atoms with Crippen molar-refractivity contribution in [2.75, 3.05) is 13.1 Å². The molecule has 1 aromatic rings. The maximum absolute atomic E-state index is 13.1. The molecular weight excluding hydrogens is 372 g/mol. The third-order valence-electron chi connectivity index (χ3n) is 6.77. The lowest BCUT2D eigenvalue weighted by Crippen LogP contribution is -2.65. The summed E-state index contributed by atoms with van der Waals surface area (Å²) in [7, 11) is 0. The Morgan fingerprint density at radius 2 is 1.93 bits per heavy atom. The zero-order chi connectivity index (χ0) is 20.2. The summed E-state index contributed by atoms with van der Waals surface area (Å²) in [4.78, 5) is 50.5. The fourth-order valence-electron chi connectivity index (χ4n) is 5.16. The maximum Gasteiger partial charge on any atom is 0.262 e. The van der Waals surface area contributed by atoms with Gasteiger partial charge in [-0.1, -0.05) is 12.1 Å². The zero-order valence-electron chi connectivity index (χ0n) is 16.1. The van der Waals surface area contributed by atoms with Crippen LogP contribution in [0.15, 0.2) is 18.2 Å². The number of amides is 4. The second-order valence-electron chi connectivity index (χ2n) is 8.65. The summed E-state index contributed by atoms with van der Waals surface area (Å²) in [6.07, 6.45) is 3.93. The van der Waals surface area contributed by atoms with Crippen LogP contribution in [0.25, 0.3) is 0 Å². The quantitative estimate of drug-likeness (QED) is 0.619. The molecule has 1 spiro atoms. The van der Waals surface area contributed by atoms with Gasteiger partial charge in [0, 0.05) is 18.5 Å². The van der Waals surface area contributed by atoms with Crippen molar-refractivity contribution < 1.29 is 19.2 Å². The number of piperidine rings is 1. The minimum Gasteiger partial charge on any atom is -0.312 e. The van der Waals surface area contributed by atoms with Crippen LogP contribution in [-0.2, 0) is 16.1 Å². The summed E-state index contributed by atoms with van der Waals surface area (Å²) in [5.74, 6) is -1.23. The summed E-state index contributed by atoms with van der Waals surface area (Å²) in [6, 6.07) is 4.32. The molecule has 3 aliphatic heterocycles. The van der Waals surface area contributed by atoms with Crippen molar-refractivity contribution in [2.24, 2.45) is 5.92 Å². The molecule has 2 saturated heterocycles.